The standard InChI is InChI=1S/C18H17N3O4/c1-10-8-12(4-6-14(10)25-3)16-11(2)20-21(17(16)22)15-7-5-13(9-19-15)18(23)24/h4-9,20H,1-3H3,(H,23,24). The predicted molar refractivity (Wildman–Crippen MR) is 92.6 cm³/mol. The summed E-state index contributed by atoms with van der Waals surface area (Å²) in [5, 5.41) is 11.9. The van der Waals surface area contributed by atoms with Gasteiger partial charge in [0.15, 0.2) is 5.82 Å². The van der Waals surface area contributed by atoms with E-state index in [9.17, 15) is 9.59 Å². The maximum Gasteiger partial charge on any atom is 0.337 e. The van der Waals surface area contributed by atoms with Crippen LogP contribution in [0, 0.1) is 13.8 Å². The van der Waals surface area contributed by atoms with Gasteiger partial charge in [0.1, 0.15) is 5.75 Å². The molecule has 0 atom stereocenters. The number of H-pyrrole nitrogens is 1. The van der Waals surface area contributed by atoms with E-state index in [0.717, 1.165) is 16.9 Å². The normalized spacial score (nSPS) is 10.7. The van der Waals surface area contributed by atoms with Gasteiger partial charge in [0, 0.05) is 11.9 Å². The molecule has 0 spiro atoms. The molecule has 0 aliphatic carbocycles. The lowest BCUT2D eigenvalue weighted by atomic mass is 10.0. The molecule has 0 fully saturated rings. The van der Waals surface area contributed by atoms with E-state index in [1.807, 2.05) is 25.1 Å². The lowest BCUT2D eigenvalue weighted by Gasteiger charge is -2.06. The highest BCUT2D eigenvalue weighted by atomic mass is 16.5. The number of pyridine rings is 1. The van der Waals surface area contributed by atoms with Crippen LogP contribution in [0.1, 0.15) is 21.6 Å². The number of hydrogen-bond donors (Lipinski definition) is 2. The summed E-state index contributed by atoms with van der Waals surface area (Å²) < 4.78 is 6.55. The van der Waals surface area contributed by atoms with Crippen LogP contribution in [-0.4, -0.2) is 33.0 Å². The van der Waals surface area contributed by atoms with Crippen LogP contribution in [0.25, 0.3) is 16.9 Å². The van der Waals surface area contributed by atoms with Crippen molar-refractivity contribution < 1.29 is 14.6 Å². The molecule has 2 heterocycles. The molecule has 3 aromatic rings. The Balaban J connectivity index is 2.08. The van der Waals surface area contributed by atoms with E-state index >= 15 is 0 Å². The van der Waals surface area contributed by atoms with Crippen LogP contribution in [0.3, 0.4) is 0 Å². The number of aryl methyl sites for hydroxylation is 2. The van der Waals surface area contributed by atoms with E-state index in [1.165, 1.54) is 23.0 Å². The minimum absolute atomic E-state index is 0.0612. The van der Waals surface area contributed by atoms with Gasteiger partial charge in [-0.05, 0) is 49.2 Å². The quantitative estimate of drug-likeness (QED) is 0.761. The second kappa shape index (κ2) is 6.27. The van der Waals surface area contributed by atoms with E-state index in [0.29, 0.717) is 17.1 Å². The van der Waals surface area contributed by atoms with Gasteiger partial charge in [-0.25, -0.2) is 14.5 Å². The third-order valence-corrected chi connectivity index (χ3v) is 3.98. The molecule has 7 heteroatoms. The van der Waals surface area contributed by atoms with Gasteiger partial charge in [0.2, 0.25) is 0 Å². The molecule has 0 amide bonds. The molecule has 0 saturated carbocycles. The number of aromatic carboxylic acids is 1. The molecule has 3 rings (SSSR count). The fraction of sp³-hybridized carbons (Fsp3) is 0.167. The molecule has 2 N–H and O–H groups in total. The summed E-state index contributed by atoms with van der Waals surface area (Å²) in [7, 11) is 1.60. The van der Waals surface area contributed by atoms with Crippen LogP contribution in [0.15, 0.2) is 41.3 Å². The largest absolute Gasteiger partial charge is 0.496 e. The van der Waals surface area contributed by atoms with Gasteiger partial charge >= 0.3 is 5.97 Å². The van der Waals surface area contributed by atoms with Gasteiger partial charge < -0.3 is 9.84 Å². The Morgan fingerprint density at radius 3 is 2.56 bits per heavy atom. The second-order valence-corrected chi connectivity index (χ2v) is 5.65. The highest BCUT2D eigenvalue weighted by Crippen LogP contribution is 2.26. The van der Waals surface area contributed by atoms with Gasteiger partial charge in [-0.1, -0.05) is 6.07 Å². The first-order valence-corrected chi connectivity index (χ1v) is 7.58. The zero-order chi connectivity index (χ0) is 18.1. The fourth-order valence-corrected chi connectivity index (χ4v) is 2.73. The van der Waals surface area contributed by atoms with Crippen molar-refractivity contribution >= 4 is 5.97 Å². The Morgan fingerprint density at radius 2 is 2.00 bits per heavy atom. The molecule has 0 bridgehead atoms. The van der Waals surface area contributed by atoms with Crippen molar-refractivity contribution in [2.45, 2.75) is 13.8 Å². The first kappa shape index (κ1) is 16.5. The van der Waals surface area contributed by atoms with Gasteiger partial charge in [-0.3, -0.25) is 9.89 Å². The minimum atomic E-state index is -1.07. The number of nitrogens with zero attached hydrogens (tertiary/aromatic N) is 2. The van der Waals surface area contributed by atoms with Crippen molar-refractivity contribution in [1.82, 2.24) is 14.8 Å². The third kappa shape index (κ3) is 2.91. The summed E-state index contributed by atoms with van der Waals surface area (Å²) >= 11 is 0. The summed E-state index contributed by atoms with van der Waals surface area (Å²) in [6.07, 6.45) is 1.22. The lowest BCUT2D eigenvalue weighted by molar-refractivity contribution is 0.0696. The smallest absolute Gasteiger partial charge is 0.337 e. The molecular weight excluding hydrogens is 322 g/mol. The molecule has 0 aliphatic heterocycles. The van der Waals surface area contributed by atoms with Crippen LogP contribution in [0.5, 0.6) is 5.75 Å². The van der Waals surface area contributed by atoms with E-state index < -0.39 is 5.97 Å². The van der Waals surface area contributed by atoms with Crippen LogP contribution < -0.4 is 10.3 Å². The maximum atomic E-state index is 12.8. The Bertz CT molecular complexity index is 1000. The van der Waals surface area contributed by atoms with E-state index in [-0.39, 0.29) is 11.1 Å². The number of rotatable bonds is 4. The van der Waals surface area contributed by atoms with E-state index in [2.05, 4.69) is 10.1 Å². The number of nitrogens with one attached hydrogen (secondary N) is 1. The topological polar surface area (TPSA) is 97.2 Å². The number of aromatic amines is 1. The van der Waals surface area contributed by atoms with Crippen molar-refractivity contribution in [1.29, 1.82) is 0 Å². The van der Waals surface area contributed by atoms with Gasteiger partial charge in [-0.2, -0.15) is 0 Å². The van der Waals surface area contributed by atoms with Gasteiger partial charge in [0.25, 0.3) is 5.56 Å². The summed E-state index contributed by atoms with van der Waals surface area (Å²) in [5.74, 6) is 0.0150. The lowest BCUT2D eigenvalue weighted by Crippen LogP contribution is -2.17. The first-order valence-electron chi connectivity index (χ1n) is 7.58. The highest BCUT2D eigenvalue weighted by molar-refractivity contribution is 5.87. The highest BCUT2D eigenvalue weighted by Gasteiger charge is 2.16. The van der Waals surface area contributed by atoms with Crippen LogP contribution in [0.2, 0.25) is 0 Å². The van der Waals surface area contributed by atoms with Crippen molar-refractivity contribution in [2.75, 3.05) is 7.11 Å². The van der Waals surface area contributed by atoms with Crippen LogP contribution in [0.4, 0.5) is 0 Å². The fourth-order valence-electron chi connectivity index (χ4n) is 2.73. The zero-order valence-electron chi connectivity index (χ0n) is 14.0. The number of carboxylic acids is 1. The number of carboxylic acid groups (broad SMARTS) is 1. The van der Waals surface area contributed by atoms with Gasteiger partial charge in [0.05, 0.1) is 18.2 Å². The molecule has 0 radical (unpaired) electrons. The molecule has 0 saturated heterocycles. The number of aromatic nitrogens is 3. The van der Waals surface area contributed by atoms with E-state index in [4.69, 9.17) is 9.84 Å². The molecule has 25 heavy (non-hydrogen) atoms. The Kier molecular flexibility index (Phi) is 4.14. The van der Waals surface area contributed by atoms with Crippen molar-refractivity contribution in [2.24, 2.45) is 0 Å². The Hall–Kier alpha value is -3.35. The number of benzene rings is 1. The average Bonchev–Trinajstić information content (AvgIpc) is 2.89. The monoisotopic (exact) mass is 339 g/mol. The Morgan fingerprint density at radius 1 is 1.24 bits per heavy atom. The second-order valence-electron chi connectivity index (χ2n) is 5.65. The van der Waals surface area contributed by atoms with Crippen molar-refractivity contribution in [3.63, 3.8) is 0 Å². The number of ether oxygens (including phenoxy) is 1. The van der Waals surface area contributed by atoms with Crippen LogP contribution >= 0.6 is 0 Å². The number of carbonyl (C=O) groups is 1. The summed E-state index contributed by atoms with van der Waals surface area (Å²) in [6, 6.07) is 8.44. The van der Waals surface area contributed by atoms with Crippen LogP contribution in [-0.2, 0) is 0 Å². The molecule has 1 aromatic carbocycles. The molecule has 128 valence electrons. The molecule has 0 aliphatic rings. The predicted octanol–water partition coefficient (Wildman–Crippen LogP) is 2.55. The van der Waals surface area contributed by atoms with Crippen molar-refractivity contribution in [3.8, 4) is 22.7 Å². The molecule has 2 aromatic heterocycles. The number of methoxy groups -OCH3 is 1. The number of hydrogen-bond acceptors (Lipinski definition) is 4. The first-order chi connectivity index (χ1) is 11.9. The van der Waals surface area contributed by atoms with Crippen molar-refractivity contribution in [3.05, 3.63) is 63.7 Å². The zero-order valence-corrected chi connectivity index (χ0v) is 14.0. The van der Waals surface area contributed by atoms with Gasteiger partial charge in [-0.15, -0.1) is 0 Å². The molecule has 0 unspecified atom stereocenters. The minimum Gasteiger partial charge on any atom is -0.496 e. The third-order valence-electron chi connectivity index (χ3n) is 3.98. The Labute approximate surface area is 143 Å². The molecule has 7 nitrogen and oxygen atoms in total. The average molecular weight is 339 g/mol. The summed E-state index contributed by atoms with van der Waals surface area (Å²) in [6.45, 7) is 3.72. The van der Waals surface area contributed by atoms with E-state index in [1.54, 1.807) is 14.0 Å². The molecular formula is C18H17N3O4. The maximum absolute atomic E-state index is 12.8. The summed E-state index contributed by atoms with van der Waals surface area (Å²) in [4.78, 5) is 27.8. The summed E-state index contributed by atoms with van der Waals surface area (Å²) in [5.41, 5.74) is 2.74. The SMILES string of the molecule is COc1ccc(-c2c(C)[nH]n(-c3ccc(C(=O)O)cn3)c2=O)cc1C.